The maximum Gasteiger partial charge on any atom is 0.255 e. The number of likely N-dealkylation sites (tertiary alicyclic amines) is 1. The molecule has 2 unspecified atom stereocenters. The summed E-state index contributed by atoms with van der Waals surface area (Å²) < 4.78 is 0. The Bertz CT molecular complexity index is 1090. The van der Waals surface area contributed by atoms with Crippen LogP contribution in [0.15, 0.2) is 48.5 Å². The Balaban J connectivity index is 1.25. The number of amides is 3. The molecule has 2 heterocycles. The minimum atomic E-state index is -0.580. The van der Waals surface area contributed by atoms with Crippen LogP contribution in [0, 0.1) is 5.92 Å². The molecule has 2 fully saturated rings. The number of fused-ring (bicyclic) bond motifs is 1. The van der Waals surface area contributed by atoms with Crippen LogP contribution in [-0.4, -0.2) is 46.1 Å². The van der Waals surface area contributed by atoms with Crippen LogP contribution in [0.4, 0.5) is 0 Å². The van der Waals surface area contributed by atoms with Crippen molar-refractivity contribution in [1.29, 1.82) is 0 Å². The summed E-state index contributed by atoms with van der Waals surface area (Å²) in [5.41, 5.74) is 4.06. The number of rotatable bonds is 7. The lowest BCUT2D eigenvalue weighted by Gasteiger charge is -2.35. The molecule has 2 aliphatic heterocycles. The standard InChI is InChI=1S/C28H33N3O3/c1-18(2)25(31-17-22-6-3-4-7-23(22)27(31)33)28(34)30-15-5-8-24(30)26(32)29-16-19-9-11-20(12-10-19)21-13-14-21/h3-4,6-7,9-12,18,21,24-25H,5,8,13-17H2,1-2H3,(H,29,32). The SMILES string of the molecule is CC(C)C(C(=O)N1CCCC1C(=O)NCc1ccc(C2CC2)cc1)N1Cc2ccccc2C1=O. The summed E-state index contributed by atoms with van der Waals surface area (Å²) in [5.74, 6) is 0.321. The molecule has 1 N–H and O–H groups in total. The van der Waals surface area contributed by atoms with Crippen molar-refractivity contribution in [2.24, 2.45) is 5.92 Å². The van der Waals surface area contributed by atoms with Gasteiger partial charge in [-0.1, -0.05) is 56.3 Å². The highest BCUT2D eigenvalue weighted by atomic mass is 16.2. The quantitative estimate of drug-likeness (QED) is 0.684. The smallest absolute Gasteiger partial charge is 0.255 e. The molecule has 3 aliphatic rings. The number of nitrogens with one attached hydrogen (secondary N) is 1. The summed E-state index contributed by atoms with van der Waals surface area (Å²) in [6.45, 7) is 5.37. The van der Waals surface area contributed by atoms with Crippen molar-refractivity contribution in [2.75, 3.05) is 6.54 Å². The van der Waals surface area contributed by atoms with Gasteiger partial charge in [0.15, 0.2) is 0 Å². The molecule has 0 bridgehead atoms. The van der Waals surface area contributed by atoms with E-state index in [4.69, 9.17) is 0 Å². The van der Waals surface area contributed by atoms with Crippen LogP contribution in [0.1, 0.15) is 72.5 Å². The van der Waals surface area contributed by atoms with Gasteiger partial charge in [-0.3, -0.25) is 14.4 Å². The molecule has 5 rings (SSSR count). The summed E-state index contributed by atoms with van der Waals surface area (Å²) in [5, 5.41) is 3.04. The average Bonchev–Trinajstić information content (AvgIpc) is 3.48. The van der Waals surface area contributed by atoms with Gasteiger partial charge < -0.3 is 15.1 Å². The highest BCUT2D eigenvalue weighted by molar-refractivity contribution is 6.01. The minimum Gasteiger partial charge on any atom is -0.350 e. The Labute approximate surface area is 201 Å². The van der Waals surface area contributed by atoms with E-state index in [1.165, 1.54) is 18.4 Å². The Hall–Kier alpha value is -3.15. The molecule has 3 amide bonds. The van der Waals surface area contributed by atoms with E-state index in [2.05, 4.69) is 29.6 Å². The van der Waals surface area contributed by atoms with Crippen molar-refractivity contribution >= 4 is 17.7 Å². The van der Waals surface area contributed by atoms with Gasteiger partial charge in [-0.05, 0) is 60.3 Å². The van der Waals surface area contributed by atoms with E-state index in [-0.39, 0.29) is 23.6 Å². The van der Waals surface area contributed by atoms with Gasteiger partial charge in [-0.15, -0.1) is 0 Å². The molecule has 0 aromatic heterocycles. The Morgan fingerprint density at radius 1 is 1.03 bits per heavy atom. The van der Waals surface area contributed by atoms with Crippen LogP contribution >= 0.6 is 0 Å². The maximum absolute atomic E-state index is 13.7. The Kier molecular flexibility index (Phi) is 6.15. The average molecular weight is 460 g/mol. The van der Waals surface area contributed by atoms with Crippen molar-refractivity contribution in [3.63, 3.8) is 0 Å². The number of benzene rings is 2. The van der Waals surface area contributed by atoms with E-state index >= 15 is 0 Å². The first-order valence-corrected chi connectivity index (χ1v) is 12.5. The maximum atomic E-state index is 13.7. The summed E-state index contributed by atoms with van der Waals surface area (Å²) in [4.78, 5) is 43.3. The van der Waals surface area contributed by atoms with Gasteiger partial charge in [0.25, 0.3) is 5.91 Å². The third kappa shape index (κ3) is 4.33. The number of carbonyl (C=O) groups excluding carboxylic acids is 3. The van der Waals surface area contributed by atoms with Gasteiger partial charge in [0.1, 0.15) is 12.1 Å². The van der Waals surface area contributed by atoms with Gasteiger partial charge in [0, 0.05) is 25.2 Å². The van der Waals surface area contributed by atoms with Gasteiger partial charge >= 0.3 is 0 Å². The van der Waals surface area contributed by atoms with Gasteiger partial charge in [0.05, 0.1) is 0 Å². The fraction of sp³-hybridized carbons (Fsp3) is 0.464. The Morgan fingerprint density at radius 3 is 2.44 bits per heavy atom. The molecule has 2 aromatic carbocycles. The van der Waals surface area contributed by atoms with Crippen molar-refractivity contribution in [3.05, 3.63) is 70.8 Å². The fourth-order valence-electron chi connectivity index (χ4n) is 5.38. The Morgan fingerprint density at radius 2 is 1.76 bits per heavy atom. The van der Waals surface area contributed by atoms with E-state index in [9.17, 15) is 14.4 Å². The molecule has 1 saturated heterocycles. The molecule has 1 saturated carbocycles. The van der Waals surface area contributed by atoms with E-state index in [1.54, 1.807) is 9.80 Å². The van der Waals surface area contributed by atoms with Crippen molar-refractivity contribution in [3.8, 4) is 0 Å². The predicted molar refractivity (Wildman–Crippen MR) is 130 cm³/mol. The number of nitrogens with zero attached hydrogens (tertiary/aromatic N) is 2. The van der Waals surface area contributed by atoms with E-state index in [0.717, 1.165) is 17.5 Å². The zero-order valence-electron chi connectivity index (χ0n) is 20.0. The molecule has 0 radical (unpaired) electrons. The monoisotopic (exact) mass is 459 g/mol. The topological polar surface area (TPSA) is 69.7 Å². The molecule has 178 valence electrons. The molecular formula is C28H33N3O3. The van der Waals surface area contributed by atoms with Gasteiger partial charge in [-0.25, -0.2) is 0 Å². The van der Waals surface area contributed by atoms with E-state index < -0.39 is 12.1 Å². The number of hydrogen-bond donors (Lipinski definition) is 1. The second kappa shape index (κ2) is 9.24. The van der Waals surface area contributed by atoms with Crippen LogP contribution < -0.4 is 5.32 Å². The first kappa shape index (κ1) is 22.6. The lowest BCUT2D eigenvalue weighted by atomic mass is 10.0. The second-order valence-electron chi connectivity index (χ2n) is 10.2. The molecule has 2 aromatic rings. The van der Waals surface area contributed by atoms with E-state index in [1.807, 2.05) is 38.1 Å². The summed E-state index contributed by atoms with van der Waals surface area (Å²) in [6, 6.07) is 14.9. The number of hydrogen-bond acceptors (Lipinski definition) is 3. The molecule has 6 nitrogen and oxygen atoms in total. The van der Waals surface area contributed by atoms with Crippen molar-refractivity contribution in [1.82, 2.24) is 15.1 Å². The van der Waals surface area contributed by atoms with Gasteiger partial charge in [0.2, 0.25) is 11.8 Å². The summed E-state index contributed by atoms with van der Waals surface area (Å²) in [6.07, 6.45) is 3.98. The van der Waals surface area contributed by atoms with E-state index in [0.29, 0.717) is 37.5 Å². The van der Waals surface area contributed by atoms with Gasteiger partial charge in [-0.2, -0.15) is 0 Å². The van der Waals surface area contributed by atoms with Crippen LogP contribution in [0.25, 0.3) is 0 Å². The van der Waals surface area contributed by atoms with Crippen LogP contribution in [-0.2, 0) is 22.7 Å². The minimum absolute atomic E-state index is 0.0555. The first-order chi connectivity index (χ1) is 16.4. The van der Waals surface area contributed by atoms with Crippen LogP contribution in [0.2, 0.25) is 0 Å². The molecular weight excluding hydrogens is 426 g/mol. The fourth-order valence-corrected chi connectivity index (χ4v) is 5.38. The first-order valence-electron chi connectivity index (χ1n) is 12.5. The molecule has 34 heavy (non-hydrogen) atoms. The zero-order chi connectivity index (χ0) is 23.8. The summed E-state index contributed by atoms with van der Waals surface area (Å²) in [7, 11) is 0. The molecule has 1 aliphatic carbocycles. The number of carbonyl (C=O) groups is 3. The summed E-state index contributed by atoms with van der Waals surface area (Å²) >= 11 is 0. The van der Waals surface area contributed by atoms with Crippen molar-refractivity contribution in [2.45, 2.75) is 70.6 Å². The normalized spacial score (nSPS) is 20.6. The molecule has 6 heteroatoms. The lowest BCUT2D eigenvalue weighted by molar-refractivity contribution is -0.143. The highest BCUT2D eigenvalue weighted by Gasteiger charge is 2.43. The third-order valence-corrected chi connectivity index (χ3v) is 7.40. The zero-order valence-corrected chi connectivity index (χ0v) is 20.0. The van der Waals surface area contributed by atoms with Crippen molar-refractivity contribution < 1.29 is 14.4 Å². The third-order valence-electron chi connectivity index (χ3n) is 7.40. The molecule has 0 spiro atoms. The highest BCUT2D eigenvalue weighted by Crippen LogP contribution is 2.39. The lowest BCUT2D eigenvalue weighted by Crippen LogP contribution is -2.55. The second-order valence-corrected chi connectivity index (χ2v) is 10.2. The van der Waals surface area contributed by atoms with Crippen LogP contribution in [0.5, 0.6) is 0 Å². The predicted octanol–water partition coefficient (Wildman–Crippen LogP) is 3.85. The largest absolute Gasteiger partial charge is 0.350 e. The molecule has 2 atom stereocenters. The van der Waals surface area contributed by atoms with Crippen LogP contribution in [0.3, 0.4) is 0 Å².